The first-order valence-corrected chi connectivity index (χ1v) is 7.03. The molecule has 1 aromatic carbocycles. The second-order valence-corrected chi connectivity index (χ2v) is 5.16. The molecular formula is C15H17F2NO4. The molecule has 1 aromatic rings. The van der Waals surface area contributed by atoms with Crippen LogP contribution in [0.5, 0.6) is 0 Å². The minimum absolute atomic E-state index is 0.0160. The maximum atomic E-state index is 13.4. The van der Waals surface area contributed by atoms with Gasteiger partial charge in [-0.1, -0.05) is 6.07 Å². The zero-order chi connectivity index (χ0) is 16.3. The van der Waals surface area contributed by atoms with Gasteiger partial charge in [-0.05, 0) is 31.0 Å². The van der Waals surface area contributed by atoms with E-state index in [2.05, 4.69) is 0 Å². The average molecular weight is 313 g/mol. The number of hydrogen-bond donors (Lipinski definition) is 1. The zero-order valence-corrected chi connectivity index (χ0v) is 12.1. The van der Waals surface area contributed by atoms with Crippen LogP contribution in [-0.2, 0) is 9.53 Å². The number of amides is 1. The maximum Gasteiger partial charge on any atom is 0.407 e. The Kier molecular flexibility index (Phi) is 4.95. The van der Waals surface area contributed by atoms with Crippen molar-refractivity contribution in [1.82, 2.24) is 4.90 Å². The van der Waals surface area contributed by atoms with Gasteiger partial charge in [0, 0.05) is 19.0 Å². The van der Waals surface area contributed by atoms with E-state index >= 15 is 0 Å². The third kappa shape index (κ3) is 3.35. The van der Waals surface area contributed by atoms with E-state index in [1.165, 1.54) is 6.07 Å². The van der Waals surface area contributed by atoms with Gasteiger partial charge < -0.3 is 14.7 Å². The van der Waals surface area contributed by atoms with Crippen LogP contribution in [0.1, 0.15) is 24.8 Å². The van der Waals surface area contributed by atoms with Gasteiger partial charge >= 0.3 is 12.1 Å². The predicted molar refractivity (Wildman–Crippen MR) is 73.4 cm³/mol. The zero-order valence-electron chi connectivity index (χ0n) is 12.1. The first-order chi connectivity index (χ1) is 10.4. The number of carbonyl (C=O) groups excluding carboxylic acids is 1. The molecule has 22 heavy (non-hydrogen) atoms. The number of esters is 1. The lowest BCUT2D eigenvalue weighted by atomic mass is 9.80. The summed E-state index contributed by atoms with van der Waals surface area (Å²) >= 11 is 0. The predicted octanol–water partition coefficient (Wildman–Crippen LogP) is 2.61. The first kappa shape index (κ1) is 16.2. The van der Waals surface area contributed by atoms with Crippen molar-refractivity contribution < 1.29 is 28.2 Å². The third-order valence-corrected chi connectivity index (χ3v) is 3.84. The lowest BCUT2D eigenvalue weighted by Gasteiger charge is -2.36. The van der Waals surface area contributed by atoms with Gasteiger partial charge in [0.1, 0.15) is 0 Å². The summed E-state index contributed by atoms with van der Waals surface area (Å²) in [4.78, 5) is 24.3. The van der Waals surface area contributed by atoms with Crippen molar-refractivity contribution in [3.05, 3.63) is 35.4 Å². The average Bonchev–Trinajstić information content (AvgIpc) is 2.49. The Balaban J connectivity index is 2.28. The highest BCUT2D eigenvalue weighted by atomic mass is 19.2. The molecule has 1 amide bonds. The van der Waals surface area contributed by atoms with Crippen LogP contribution >= 0.6 is 0 Å². The second-order valence-electron chi connectivity index (χ2n) is 5.16. The van der Waals surface area contributed by atoms with E-state index in [4.69, 9.17) is 9.84 Å². The molecule has 2 atom stereocenters. The molecule has 1 aliphatic rings. The molecule has 0 radical (unpaired) electrons. The highest BCUT2D eigenvalue weighted by molar-refractivity contribution is 5.75. The molecule has 1 fully saturated rings. The number of halogens is 2. The van der Waals surface area contributed by atoms with Crippen LogP contribution in [0.3, 0.4) is 0 Å². The van der Waals surface area contributed by atoms with Gasteiger partial charge in [0.05, 0.1) is 12.5 Å². The van der Waals surface area contributed by atoms with Crippen molar-refractivity contribution in [2.24, 2.45) is 5.92 Å². The molecule has 1 N–H and O–H groups in total. The number of ether oxygens (including phenoxy) is 1. The SMILES string of the molecule is CCOC(=O)C1CN(C(=O)O)CCC1c1ccc(F)c(F)c1. The Labute approximate surface area is 126 Å². The van der Waals surface area contributed by atoms with E-state index < -0.39 is 35.5 Å². The minimum atomic E-state index is -1.11. The molecule has 2 unspecified atom stereocenters. The summed E-state index contributed by atoms with van der Waals surface area (Å²) in [7, 11) is 0. The van der Waals surface area contributed by atoms with Crippen LogP contribution in [0.2, 0.25) is 0 Å². The number of rotatable bonds is 3. The fourth-order valence-corrected chi connectivity index (χ4v) is 2.76. The Hall–Kier alpha value is -2.18. The normalized spacial score (nSPS) is 21.5. The summed E-state index contributed by atoms with van der Waals surface area (Å²) in [6.45, 7) is 2.04. The number of hydrogen-bond acceptors (Lipinski definition) is 3. The molecule has 0 aromatic heterocycles. The molecule has 120 valence electrons. The van der Waals surface area contributed by atoms with Crippen molar-refractivity contribution in [1.29, 1.82) is 0 Å². The number of carboxylic acid groups (broad SMARTS) is 1. The van der Waals surface area contributed by atoms with Gasteiger partial charge in [0.15, 0.2) is 11.6 Å². The van der Waals surface area contributed by atoms with Gasteiger partial charge in [-0.3, -0.25) is 4.79 Å². The lowest BCUT2D eigenvalue weighted by Crippen LogP contribution is -2.45. The summed E-state index contributed by atoms with van der Waals surface area (Å²) in [5, 5.41) is 9.07. The van der Waals surface area contributed by atoms with Crippen LogP contribution in [0.25, 0.3) is 0 Å². The van der Waals surface area contributed by atoms with E-state index in [1.807, 2.05) is 0 Å². The molecule has 1 heterocycles. The standard InChI is InChI=1S/C15H17F2NO4/c1-2-22-14(19)11-8-18(15(20)21)6-5-10(11)9-3-4-12(16)13(17)7-9/h3-4,7,10-11H,2,5-6,8H2,1H3,(H,20,21). The third-order valence-electron chi connectivity index (χ3n) is 3.84. The summed E-state index contributed by atoms with van der Waals surface area (Å²) in [5.74, 6) is -3.59. The molecular weight excluding hydrogens is 296 g/mol. The number of benzene rings is 1. The monoisotopic (exact) mass is 313 g/mol. The molecule has 0 bridgehead atoms. The van der Waals surface area contributed by atoms with E-state index in [1.54, 1.807) is 6.92 Å². The molecule has 1 aliphatic heterocycles. The fourth-order valence-electron chi connectivity index (χ4n) is 2.76. The van der Waals surface area contributed by atoms with Crippen LogP contribution < -0.4 is 0 Å². The van der Waals surface area contributed by atoms with Crippen molar-refractivity contribution >= 4 is 12.1 Å². The summed E-state index contributed by atoms with van der Waals surface area (Å²) in [5.41, 5.74) is 0.474. The molecule has 0 saturated carbocycles. The van der Waals surface area contributed by atoms with Gasteiger partial charge in [-0.15, -0.1) is 0 Å². The van der Waals surface area contributed by atoms with Gasteiger partial charge in [0.25, 0.3) is 0 Å². The summed E-state index contributed by atoms with van der Waals surface area (Å²) in [6, 6.07) is 3.49. The molecule has 5 nitrogen and oxygen atoms in total. The molecule has 0 aliphatic carbocycles. The molecule has 1 saturated heterocycles. The van der Waals surface area contributed by atoms with Gasteiger partial charge in [0.2, 0.25) is 0 Å². The van der Waals surface area contributed by atoms with E-state index in [9.17, 15) is 18.4 Å². The summed E-state index contributed by atoms with van der Waals surface area (Å²) in [6.07, 6.45) is -0.765. The van der Waals surface area contributed by atoms with Crippen LogP contribution in [-0.4, -0.2) is 41.8 Å². The largest absolute Gasteiger partial charge is 0.466 e. The Morgan fingerprint density at radius 2 is 2.09 bits per heavy atom. The summed E-state index contributed by atoms with van der Waals surface area (Å²) < 4.78 is 31.5. The lowest BCUT2D eigenvalue weighted by molar-refractivity contribution is -0.150. The maximum absolute atomic E-state index is 13.4. The van der Waals surface area contributed by atoms with Gasteiger partial charge in [-0.25, -0.2) is 13.6 Å². The Morgan fingerprint density at radius 1 is 1.36 bits per heavy atom. The van der Waals surface area contributed by atoms with Gasteiger partial charge in [-0.2, -0.15) is 0 Å². The number of likely N-dealkylation sites (tertiary alicyclic amines) is 1. The van der Waals surface area contributed by atoms with Crippen LogP contribution in [0.15, 0.2) is 18.2 Å². The topological polar surface area (TPSA) is 66.8 Å². The first-order valence-electron chi connectivity index (χ1n) is 7.03. The number of piperidine rings is 1. The minimum Gasteiger partial charge on any atom is -0.466 e. The molecule has 0 spiro atoms. The van der Waals surface area contributed by atoms with E-state index in [0.717, 1.165) is 17.0 Å². The van der Waals surface area contributed by atoms with Crippen molar-refractivity contribution in [3.8, 4) is 0 Å². The van der Waals surface area contributed by atoms with Crippen molar-refractivity contribution in [2.45, 2.75) is 19.3 Å². The Bertz CT molecular complexity index is 579. The fraction of sp³-hybridized carbons (Fsp3) is 0.467. The highest BCUT2D eigenvalue weighted by Crippen LogP contribution is 2.34. The van der Waals surface area contributed by atoms with Crippen molar-refractivity contribution in [2.75, 3.05) is 19.7 Å². The smallest absolute Gasteiger partial charge is 0.407 e. The quantitative estimate of drug-likeness (QED) is 0.871. The Morgan fingerprint density at radius 3 is 2.68 bits per heavy atom. The molecule has 7 heteroatoms. The molecule has 2 rings (SSSR count). The van der Waals surface area contributed by atoms with E-state index in [0.29, 0.717) is 12.0 Å². The van der Waals surface area contributed by atoms with E-state index in [-0.39, 0.29) is 19.7 Å². The van der Waals surface area contributed by atoms with Crippen molar-refractivity contribution in [3.63, 3.8) is 0 Å². The highest BCUT2D eigenvalue weighted by Gasteiger charge is 2.38. The second kappa shape index (κ2) is 6.72. The van der Waals surface area contributed by atoms with Crippen LogP contribution in [0, 0.1) is 17.6 Å². The van der Waals surface area contributed by atoms with Crippen LogP contribution in [0.4, 0.5) is 13.6 Å². The number of carbonyl (C=O) groups is 2. The number of nitrogens with zero attached hydrogens (tertiary/aromatic N) is 1.